The molecule has 0 aliphatic carbocycles. The maximum Gasteiger partial charge on any atom is 0.198 e. The first-order valence-corrected chi connectivity index (χ1v) is 4.80. The third kappa shape index (κ3) is 1.65. The van der Waals surface area contributed by atoms with Gasteiger partial charge in [0.2, 0.25) is 0 Å². The minimum Gasteiger partial charge on any atom is -0.374 e. The first kappa shape index (κ1) is 10.2. The van der Waals surface area contributed by atoms with Crippen LogP contribution >= 0.6 is 11.6 Å². The van der Waals surface area contributed by atoms with Crippen molar-refractivity contribution in [1.82, 2.24) is 15.3 Å². The van der Waals surface area contributed by atoms with Crippen molar-refractivity contribution >= 4 is 28.6 Å². The maximum atomic E-state index is 9.73. The molecular weight excluding hydrogens is 216 g/mol. The van der Waals surface area contributed by atoms with Crippen molar-refractivity contribution in [3.05, 3.63) is 22.7 Å². The third-order valence-corrected chi connectivity index (χ3v) is 2.54. The second kappa shape index (κ2) is 3.69. The molecular formula is C9H11ClN4O. The normalized spacial score (nSPS) is 13.3. The molecule has 6 heteroatoms. The number of nitrogens with two attached hydrogens (primary N) is 1. The second-order valence-electron chi connectivity index (χ2n) is 3.17. The van der Waals surface area contributed by atoms with Gasteiger partial charge in [0.1, 0.15) is 6.23 Å². The maximum absolute atomic E-state index is 9.73. The number of hydrogen-bond acceptors (Lipinski definition) is 4. The van der Waals surface area contributed by atoms with E-state index in [0.29, 0.717) is 22.1 Å². The minimum atomic E-state index is -0.858. The number of nitrogens with one attached hydrogen (secondary N) is 2. The summed E-state index contributed by atoms with van der Waals surface area (Å²) in [6, 6.07) is 3.46. The van der Waals surface area contributed by atoms with Gasteiger partial charge in [-0.25, -0.2) is 4.98 Å². The van der Waals surface area contributed by atoms with Gasteiger partial charge in [-0.3, -0.25) is 5.32 Å². The van der Waals surface area contributed by atoms with Gasteiger partial charge in [0.05, 0.1) is 16.1 Å². The van der Waals surface area contributed by atoms with Crippen molar-refractivity contribution in [1.29, 1.82) is 0 Å². The van der Waals surface area contributed by atoms with Gasteiger partial charge in [0.25, 0.3) is 0 Å². The van der Waals surface area contributed by atoms with E-state index in [2.05, 4.69) is 15.3 Å². The number of hydrogen-bond donors (Lipinski definition) is 4. The zero-order valence-electron chi connectivity index (χ0n) is 8.08. The largest absolute Gasteiger partial charge is 0.374 e. The summed E-state index contributed by atoms with van der Waals surface area (Å²) in [4.78, 5) is 6.95. The summed E-state index contributed by atoms with van der Waals surface area (Å²) in [7, 11) is 1.63. The molecule has 5 N–H and O–H groups in total. The Bertz CT molecular complexity index is 496. The Morgan fingerprint density at radius 1 is 1.60 bits per heavy atom. The Morgan fingerprint density at radius 2 is 2.33 bits per heavy atom. The summed E-state index contributed by atoms with van der Waals surface area (Å²) in [5.41, 5.74) is 7.41. The van der Waals surface area contributed by atoms with E-state index in [1.165, 1.54) is 0 Å². The molecule has 0 spiro atoms. The third-order valence-electron chi connectivity index (χ3n) is 2.21. The van der Waals surface area contributed by atoms with Crippen LogP contribution in [0.15, 0.2) is 12.1 Å². The number of benzene rings is 1. The molecule has 0 aliphatic heterocycles. The predicted molar refractivity (Wildman–Crippen MR) is 59.5 cm³/mol. The highest BCUT2D eigenvalue weighted by Crippen LogP contribution is 2.29. The molecule has 1 unspecified atom stereocenters. The Labute approximate surface area is 91.3 Å². The van der Waals surface area contributed by atoms with Crippen LogP contribution in [0, 0.1) is 0 Å². The smallest absolute Gasteiger partial charge is 0.198 e. The molecule has 2 aromatic rings. The molecule has 1 heterocycles. The number of aliphatic hydroxyl groups is 1. The molecule has 0 saturated heterocycles. The van der Waals surface area contributed by atoms with Gasteiger partial charge in [-0.05, 0) is 19.2 Å². The SMILES string of the molecule is CNC(O)c1c(Cl)ccc2[nH]c(N)nc12. The number of imidazole rings is 1. The van der Waals surface area contributed by atoms with E-state index in [0.717, 1.165) is 5.52 Å². The number of fused-ring (bicyclic) bond motifs is 1. The fourth-order valence-corrected chi connectivity index (χ4v) is 1.75. The number of halogens is 1. The highest BCUT2D eigenvalue weighted by molar-refractivity contribution is 6.32. The van der Waals surface area contributed by atoms with Gasteiger partial charge in [0.15, 0.2) is 5.95 Å². The molecule has 0 bridgehead atoms. The second-order valence-corrected chi connectivity index (χ2v) is 3.58. The average molecular weight is 227 g/mol. The zero-order valence-corrected chi connectivity index (χ0v) is 8.84. The lowest BCUT2D eigenvalue weighted by atomic mass is 10.1. The van der Waals surface area contributed by atoms with E-state index in [4.69, 9.17) is 17.3 Å². The molecule has 1 atom stereocenters. The van der Waals surface area contributed by atoms with Crippen LogP contribution in [-0.4, -0.2) is 22.1 Å². The first-order chi connectivity index (χ1) is 7.13. The Morgan fingerprint density at radius 3 is 3.00 bits per heavy atom. The van der Waals surface area contributed by atoms with E-state index in [-0.39, 0.29) is 0 Å². The van der Waals surface area contributed by atoms with Crippen molar-refractivity contribution in [2.75, 3.05) is 12.8 Å². The first-order valence-electron chi connectivity index (χ1n) is 4.42. The van der Waals surface area contributed by atoms with Crippen LogP contribution in [0.25, 0.3) is 11.0 Å². The number of aromatic amines is 1. The fraction of sp³-hybridized carbons (Fsp3) is 0.222. The van der Waals surface area contributed by atoms with E-state index < -0.39 is 6.23 Å². The monoisotopic (exact) mass is 226 g/mol. The summed E-state index contributed by atoms with van der Waals surface area (Å²) >= 11 is 5.99. The number of H-pyrrole nitrogens is 1. The fourth-order valence-electron chi connectivity index (χ4n) is 1.50. The standard InChI is InChI=1S/C9H11ClN4O/c1-12-8(15)6-4(10)2-3-5-7(6)14-9(11)13-5/h2-3,8,12,15H,1H3,(H3,11,13,14). The van der Waals surface area contributed by atoms with Crippen LogP contribution in [0.3, 0.4) is 0 Å². The van der Waals surface area contributed by atoms with Crippen LogP contribution in [0.2, 0.25) is 5.02 Å². The topological polar surface area (TPSA) is 87.0 Å². The van der Waals surface area contributed by atoms with Crippen molar-refractivity contribution < 1.29 is 5.11 Å². The van der Waals surface area contributed by atoms with Gasteiger partial charge in [0, 0.05) is 5.56 Å². The van der Waals surface area contributed by atoms with Crippen molar-refractivity contribution in [3.63, 3.8) is 0 Å². The molecule has 5 nitrogen and oxygen atoms in total. The molecule has 0 saturated carbocycles. The number of nitrogen functional groups attached to an aromatic ring is 1. The molecule has 2 rings (SSSR count). The Kier molecular flexibility index (Phi) is 2.52. The molecule has 1 aromatic carbocycles. The van der Waals surface area contributed by atoms with E-state index in [1.54, 1.807) is 19.2 Å². The van der Waals surface area contributed by atoms with Crippen LogP contribution in [-0.2, 0) is 0 Å². The molecule has 0 fully saturated rings. The minimum absolute atomic E-state index is 0.303. The van der Waals surface area contributed by atoms with E-state index >= 15 is 0 Å². The van der Waals surface area contributed by atoms with Crippen molar-refractivity contribution in [2.45, 2.75) is 6.23 Å². The molecule has 0 radical (unpaired) electrons. The molecule has 0 amide bonds. The summed E-state index contributed by atoms with van der Waals surface area (Å²) in [5.74, 6) is 0.303. The summed E-state index contributed by atoms with van der Waals surface area (Å²) in [6.45, 7) is 0. The van der Waals surface area contributed by atoms with Gasteiger partial charge in [-0.1, -0.05) is 11.6 Å². The Hall–Kier alpha value is -1.30. The van der Waals surface area contributed by atoms with Crippen molar-refractivity contribution in [2.24, 2.45) is 0 Å². The van der Waals surface area contributed by atoms with Gasteiger partial charge < -0.3 is 15.8 Å². The van der Waals surface area contributed by atoms with Crippen LogP contribution < -0.4 is 11.1 Å². The number of rotatable bonds is 2. The van der Waals surface area contributed by atoms with Gasteiger partial charge in [-0.15, -0.1) is 0 Å². The van der Waals surface area contributed by atoms with Crippen LogP contribution in [0.4, 0.5) is 5.95 Å². The van der Waals surface area contributed by atoms with E-state index in [9.17, 15) is 5.11 Å². The molecule has 1 aromatic heterocycles. The highest BCUT2D eigenvalue weighted by atomic mass is 35.5. The quantitative estimate of drug-likeness (QED) is 0.576. The average Bonchev–Trinajstić information content (AvgIpc) is 2.57. The number of nitrogens with zero attached hydrogens (tertiary/aromatic N) is 1. The number of anilines is 1. The predicted octanol–water partition coefficient (Wildman–Crippen LogP) is 1.01. The summed E-state index contributed by atoms with van der Waals surface area (Å²) in [6.07, 6.45) is -0.858. The number of aliphatic hydroxyl groups excluding tert-OH is 1. The molecule has 80 valence electrons. The lowest BCUT2D eigenvalue weighted by Crippen LogP contribution is -2.16. The lowest BCUT2D eigenvalue weighted by Gasteiger charge is -2.11. The van der Waals surface area contributed by atoms with E-state index in [1.807, 2.05) is 0 Å². The van der Waals surface area contributed by atoms with Crippen LogP contribution in [0.5, 0.6) is 0 Å². The van der Waals surface area contributed by atoms with Gasteiger partial charge in [-0.2, -0.15) is 0 Å². The Balaban J connectivity index is 2.73. The van der Waals surface area contributed by atoms with Gasteiger partial charge >= 0.3 is 0 Å². The molecule has 0 aliphatic rings. The summed E-state index contributed by atoms with van der Waals surface area (Å²) < 4.78 is 0. The molecule has 15 heavy (non-hydrogen) atoms. The number of aromatic nitrogens is 2. The summed E-state index contributed by atoms with van der Waals surface area (Å²) in [5, 5.41) is 12.9. The van der Waals surface area contributed by atoms with Crippen molar-refractivity contribution in [3.8, 4) is 0 Å². The highest BCUT2D eigenvalue weighted by Gasteiger charge is 2.16. The zero-order chi connectivity index (χ0) is 11.0. The lowest BCUT2D eigenvalue weighted by molar-refractivity contribution is 0.151. The van der Waals surface area contributed by atoms with Crippen LogP contribution in [0.1, 0.15) is 11.8 Å².